The SMILES string of the molecule is CCCC1CC(C(=O)N2CCc3[nH]cnc3C2c2cccnc2)NN1. The van der Waals surface area contributed by atoms with Gasteiger partial charge in [0.2, 0.25) is 5.91 Å². The lowest BCUT2D eigenvalue weighted by atomic mass is 9.95. The molecule has 3 N–H and O–H groups in total. The monoisotopic (exact) mass is 340 g/mol. The maximum atomic E-state index is 13.2. The maximum Gasteiger partial charge on any atom is 0.241 e. The highest BCUT2D eigenvalue weighted by Gasteiger charge is 2.39. The van der Waals surface area contributed by atoms with Crippen LogP contribution in [0, 0.1) is 0 Å². The second-order valence-electron chi connectivity index (χ2n) is 6.80. The average molecular weight is 340 g/mol. The number of hydrogen-bond acceptors (Lipinski definition) is 5. The van der Waals surface area contributed by atoms with Crippen molar-refractivity contribution in [2.75, 3.05) is 6.54 Å². The molecule has 3 atom stereocenters. The van der Waals surface area contributed by atoms with Crippen molar-refractivity contribution < 1.29 is 4.79 Å². The molecule has 0 bridgehead atoms. The highest BCUT2D eigenvalue weighted by molar-refractivity contribution is 5.83. The first-order chi connectivity index (χ1) is 12.3. The highest BCUT2D eigenvalue weighted by Crippen LogP contribution is 2.33. The smallest absolute Gasteiger partial charge is 0.241 e. The molecule has 7 nitrogen and oxygen atoms in total. The molecule has 7 heteroatoms. The molecule has 2 aromatic heterocycles. The fourth-order valence-electron chi connectivity index (χ4n) is 3.91. The van der Waals surface area contributed by atoms with Gasteiger partial charge >= 0.3 is 0 Å². The summed E-state index contributed by atoms with van der Waals surface area (Å²) in [5.74, 6) is 0.133. The van der Waals surface area contributed by atoms with Crippen LogP contribution in [-0.4, -0.2) is 44.4 Å². The van der Waals surface area contributed by atoms with Gasteiger partial charge in [0.25, 0.3) is 0 Å². The minimum atomic E-state index is -0.184. The van der Waals surface area contributed by atoms with E-state index < -0.39 is 0 Å². The Morgan fingerprint density at radius 1 is 1.40 bits per heavy atom. The quantitative estimate of drug-likeness (QED) is 0.781. The number of aromatic nitrogens is 3. The van der Waals surface area contributed by atoms with Gasteiger partial charge in [-0.1, -0.05) is 19.4 Å². The number of carbonyl (C=O) groups is 1. The summed E-state index contributed by atoms with van der Waals surface area (Å²) in [4.78, 5) is 27.1. The molecule has 0 saturated carbocycles. The third kappa shape index (κ3) is 3.05. The van der Waals surface area contributed by atoms with E-state index in [1.165, 1.54) is 0 Å². The van der Waals surface area contributed by atoms with Crippen LogP contribution >= 0.6 is 0 Å². The maximum absolute atomic E-state index is 13.2. The standard InChI is InChI=1S/C18H24N6O/c1-2-4-13-9-15(23-22-13)18(25)24-8-6-14-16(21-11-20-14)17(24)12-5-3-7-19-10-12/h3,5,7,10-11,13,15,17,22-23H,2,4,6,8-9H2,1H3,(H,20,21). The van der Waals surface area contributed by atoms with Crippen molar-refractivity contribution in [3.8, 4) is 0 Å². The summed E-state index contributed by atoms with van der Waals surface area (Å²) in [6.07, 6.45) is 9.11. The van der Waals surface area contributed by atoms with Gasteiger partial charge in [-0.2, -0.15) is 0 Å². The molecule has 4 rings (SSSR count). The van der Waals surface area contributed by atoms with Crippen LogP contribution in [0.3, 0.4) is 0 Å². The summed E-state index contributed by atoms with van der Waals surface area (Å²) in [7, 11) is 0. The van der Waals surface area contributed by atoms with E-state index >= 15 is 0 Å². The third-order valence-corrected chi connectivity index (χ3v) is 5.13. The molecular formula is C18H24N6O. The number of carbonyl (C=O) groups excluding carboxylic acids is 1. The van der Waals surface area contributed by atoms with E-state index in [0.717, 1.165) is 42.6 Å². The number of rotatable bonds is 4. The normalized spacial score (nSPS) is 25.8. The summed E-state index contributed by atoms with van der Waals surface area (Å²) in [5, 5.41) is 0. The molecule has 3 unspecified atom stereocenters. The van der Waals surface area contributed by atoms with Gasteiger partial charge in [0.15, 0.2) is 0 Å². The van der Waals surface area contributed by atoms with Crippen molar-refractivity contribution in [1.82, 2.24) is 30.7 Å². The summed E-state index contributed by atoms with van der Waals surface area (Å²) in [6, 6.07) is 3.93. The minimum Gasteiger partial charge on any atom is -0.348 e. The van der Waals surface area contributed by atoms with Crippen LogP contribution in [0.15, 0.2) is 30.9 Å². The molecule has 1 amide bonds. The third-order valence-electron chi connectivity index (χ3n) is 5.13. The fraction of sp³-hybridized carbons (Fsp3) is 0.500. The molecule has 25 heavy (non-hydrogen) atoms. The molecule has 4 heterocycles. The van der Waals surface area contributed by atoms with Crippen LogP contribution in [-0.2, 0) is 11.2 Å². The summed E-state index contributed by atoms with van der Waals surface area (Å²) in [6.45, 7) is 2.85. The van der Waals surface area contributed by atoms with E-state index in [1.807, 2.05) is 23.2 Å². The van der Waals surface area contributed by atoms with Crippen LogP contribution in [0.4, 0.5) is 0 Å². The van der Waals surface area contributed by atoms with Crippen LogP contribution in [0.5, 0.6) is 0 Å². The lowest BCUT2D eigenvalue weighted by molar-refractivity contribution is -0.135. The van der Waals surface area contributed by atoms with Gasteiger partial charge in [0.1, 0.15) is 12.1 Å². The number of fused-ring (bicyclic) bond motifs is 1. The van der Waals surface area contributed by atoms with Crippen LogP contribution in [0.25, 0.3) is 0 Å². The molecule has 2 aliphatic rings. The van der Waals surface area contributed by atoms with E-state index in [0.29, 0.717) is 12.6 Å². The first-order valence-electron chi connectivity index (χ1n) is 9.01. The topological polar surface area (TPSA) is 85.9 Å². The first-order valence-corrected chi connectivity index (χ1v) is 9.01. The second-order valence-corrected chi connectivity index (χ2v) is 6.80. The van der Waals surface area contributed by atoms with Crippen molar-refractivity contribution in [1.29, 1.82) is 0 Å². The zero-order valence-corrected chi connectivity index (χ0v) is 14.4. The zero-order chi connectivity index (χ0) is 17.2. The lowest BCUT2D eigenvalue weighted by Crippen LogP contribution is -2.49. The number of hydrogen-bond donors (Lipinski definition) is 3. The molecule has 2 aliphatic heterocycles. The van der Waals surface area contributed by atoms with E-state index in [9.17, 15) is 4.79 Å². The molecule has 1 saturated heterocycles. The van der Waals surface area contributed by atoms with E-state index in [-0.39, 0.29) is 18.0 Å². The van der Waals surface area contributed by atoms with E-state index in [1.54, 1.807) is 12.5 Å². The summed E-state index contributed by atoms with van der Waals surface area (Å²) >= 11 is 0. The van der Waals surface area contributed by atoms with Gasteiger partial charge in [0.05, 0.1) is 12.0 Å². The largest absolute Gasteiger partial charge is 0.348 e. The van der Waals surface area contributed by atoms with Gasteiger partial charge in [0, 0.05) is 37.1 Å². The van der Waals surface area contributed by atoms with Crippen LogP contribution in [0.2, 0.25) is 0 Å². The van der Waals surface area contributed by atoms with Gasteiger partial charge in [-0.05, 0) is 24.5 Å². The fourth-order valence-corrected chi connectivity index (χ4v) is 3.91. The van der Waals surface area contributed by atoms with Crippen LogP contribution in [0.1, 0.15) is 49.2 Å². The van der Waals surface area contributed by atoms with Gasteiger partial charge in [-0.25, -0.2) is 10.4 Å². The number of imidazole rings is 1. The Kier molecular flexibility index (Phi) is 4.50. The van der Waals surface area contributed by atoms with Crippen molar-refractivity contribution in [3.63, 3.8) is 0 Å². The van der Waals surface area contributed by atoms with Crippen molar-refractivity contribution >= 4 is 5.91 Å². The Hall–Kier alpha value is -2.25. The molecule has 132 valence electrons. The Morgan fingerprint density at radius 3 is 3.12 bits per heavy atom. The molecule has 2 aromatic rings. The molecule has 0 aliphatic carbocycles. The number of nitrogens with zero attached hydrogens (tertiary/aromatic N) is 3. The number of aromatic amines is 1. The first kappa shape index (κ1) is 16.2. The Balaban J connectivity index is 1.61. The second kappa shape index (κ2) is 6.93. The van der Waals surface area contributed by atoms with E-state index in [2.05, 4.69) is 32.7 Å². The molecule has 0 aromatic carbocycles. The van der Waals surface area contributed by atoms with Crippen LogP contribution < -0.4 is 10.9 Å². The predicted molar refractivity (Wildman–Crippen MR) is 93.5 cm³/mol. The number of nitrogens with one attached hydrogen (secondary N) is 3. The van der Waals surface area contributed by atoms with Crippen molar-refractivity contribution in [2.24, 2.45) is 0 Å². The zero-order valence-electron chi connectivity index (χ0n) is 14.4. The Labute approximate surface area is 147 Å². The lowest BCUT2D eigenvalue weighted by Gasteiger charge is -2.36. The average Bonchev–Trinajstić information content (AvgIpc) is 3.30. The minimum absolute atomic E-state index is 0.133. The van der Waals surface area contributed by atoms with Gasteiger partial charge < -0.3 is 9.88 Å². The van der Waals surface area contributed by atoms with Crippen molar-refractivity contribution in [2.45, 2.75) is 50.7 Å². The number of amides is 1. The molecule has 0 spiro atoms. The molecule has 1 fully saturated rings. The molecular weight excluding hydrogens is 316 g/mol. The predicted octanol–water partition coefficient (Wildman–Crippen LogP) is 1.31. The Morgan fingerprint density at radius 2 is 2.32 bits per heavy atom. The van der Waals surface area contributed by atoms with Gasteiger partial charge in [-0.3, -0.25) is 15.2 Å². The van der Waals surface area contributed by atoms with E-state index in [4.69, 9.17) is 0 Å². The molecule has 0 radical (unpaired) electrons. The number of hydrazine groups is 1. The highest BCUT2D eigenvalue weighted by atomic mass is 16.2. The summed E-state index contributed by atoms with van der Waals surface area (Å²) in [5.41, 5.74) is 9.50. The van der Waals surface area contributed by atoms with Gasteiger partial charge in [-0.15, -0.1) is 0 Å². The Bertz CT molecular complexity index is 730. The number of H-pyrrole nitrogens is 1. The van der Waals surface area contributed by atoms with Crippen molar-refractivity contribution in [3.05, 3.63) is 47.8 Å². The summed E-state index contributed by atoms with van der Waals surface area (Å²) < 4.78 is 0. The number of pyridine rings is 1.